The maximum Gasteiger partial charge on any atom is 0.334 e. The number of hydrogen-bond acceptors (Lipinski definition) is 4. The minimum absolute atomic E-state index is 0.00935. The van der Waals surface area contributed by atoms with E-state index in [-0.39, 0.29) is 29.3 Å². The Balaban J connectivity index is 1.97. The lowest BCUT2D eigenvalue weighted by Crippen LogP contribution is -2.38. The molecule has 2 aliphatic carbocycles. The van der Waals surface area contributed by atoms with Gasteiger partial charge in [-0.25, -0.2) is 4.79 Å². The van der Waals surface area contributed by atoms with E-state index < -0.39 is 12.2 Å². The Morgan fingerprint density at radius 1 is 1.37 bits per heavy atom. The van der Waals surface area contributed by atoms with E-state index in [1.54, 1.807) is 0 Å². The molecule has 7 unspecified atom stereocenters. The predicted octanol–water partition coefficient (Wildman–Crippen LogP) is 1.26. The molecule has 0 aromatic carbocycles. The van der Waals surface area contributed by atoms with Crippen molar-refractivity contribution in [2.24, 2.45) is 23.2 Å². The number of aliphatic hydroxyl groups is 2. The predicted molar refractivity (Wildman–Crippen MR) is 69.1 cm³/mol. The molecular formula is C15H22O4. The van der Waals surface area contributed by atoms with Crippen molar-refractivity contribution in [2.75, 3.05) is 0 Å². The van der Waals surface area contributed by atoms with Crippen LogP contribution in [-0.4, -0.2) is 34.5 Å². The highest BCUT2D eigenvalue weighted by molar-refractivity contribution is 5.90. The summed E-state index contributed by atoms with van der Waals surface area (Å²) in [7, 11) is 0. The minimum Gasteiger partial charge on any atom is -0.458 e. The van der Waals surface area contributed by atoms with Gasteiger partial charge in [-0.15, -0.1) is 0 Å². The molecule has 0 radical (unpaired) electrons. The van der Waals surface area contributed by atoms with Gasteiger partial charge in [-0.1, -0.05) is 20.4 Å². The third-order valence-electron chi connectivity index (χ3n) is 5.75. The molecule has 106 valence electrons. The van der Waals surface area contributed by atoms with Crippen molar-refractivity contribution in [3.8, 4) is 0 Å². The molecule has 2 saturated carbocycles. The fourth-order valence-corrected chi connectivity index (χ4v) is 4.61. The molecular weight excluding hydrogens is 244 g/mol. The third kappa shape index (κ3) is 1.69. The summed E-state index contributed by atoms with van der Waals surface area (Å²) in [6, 6.07) is 0. The van der Waals surface area contributed by atoms with Crippen molar-refractivity contribution < 1.29 is 19.7 Å². The smallest absolute Gasteiger partial charge is 0.334 e. The first-order valence-corrected chi connectivity index (χ1v) is 7.10. The van der Waals surface area contributed by atoms with E-state index in [9.17, 15) is 15.0 Å². The molecule has 4 nitrogen and oxygen atoms in total. The minimum atomic E-state index is -0.720. The topological polar surface area (TPSA) is 66.8 Å². The summed E-state index contributed by atoms with van der Waals surface area (Å²) in [6.07, 6.45) is 0.646. The lowest BCUT2D eigenvalue weighted by molar-refractivity contribution is -0.139. The number of rotatable bonds is 0. The molecule has 4 heteroatoms. The number of hydrogen-bond donors (Lipinski definition) is 2. The van der Waals surface area contributed by atoms with E-state index in [1.165, 1.54) is 0 Å². The van der Waals surface area contributed by atoms with Crippen LogP contribution in [0.4, 0.5) is 0 Å². The van der Waals surface area contributed by atoms with E-state index in [1.807, 2.05) is 6.92 Å². The summed E-state index contributed by atoms with van der Waals surface area (Å²) < 4.78 is 5.42. The molecule has 3 rings (SSSR count). The van der Waals surface area contributed by atoms with Gasteiger partial charge in [-0.2, -0.15) is 0 Å². The van der Waals surface area contributed by atoms with Gasteiger partial charge in [0.2, 0.25) is 0 Å². The zero-order valence-electron chi connectivity index (χ0n) is 11.5. The highest BCUT2D eigenvalue weighted by Crippen LogP contribution is 2.56. The van der Waals surface area contributed by atoms with Crippen molar-refractivity contribution in [3.05, 3.63) is 12.2 Å². The SMILES string of the molecule is C=C1C(=O)OC2CC(C)C3CC(O)C(O)C3(C)CC12. The first-order valence-electron chi connectivity index (χ1n) is 7.10. The fraction of sp³-hybridized carbons (Fsp3) is 0.800. The molecule has 0 amide bonds. The van der Waals surface area contributed by atoms with Crippen LogP contribution in [0.2, 0.25) is 0 Å². The third-order valence-corrected chi connectivity index (χ3v) is 5.75. The maximum atomic E-state index is 11.7. The average Bonchev–Trinajstić information content (AvgIpc) is 2.68. The molecule has 1 heterocycles. The Bertz CT molecular complexity index is 432. The van der Waals surface area contributed by atoms with E-state index in [4.69, 9.17) is 4.74 Å². The molecule has 1 saturated heterocycles. The summed E-state index contributed by atoms with van der Waals surface area (Å²) in [5.74, 6) is 0.294. The monoisotopic (exact) mass is 266 g/mol. The number of aliphatic hydroxyl groups excluding tert-OH is 2. The van der Waals surface area contributed by atoms with Gasteiger partial charge in [0.15, 0.2) is 0 Å². The number of ether oxygens (including phenoxy) is 1. The lowest BCUT2D eigenvalue weighted by Gasteiger charge is -2.36. The van der Waals surface area contributed by atoms with Crippen molar-refractivity contribution in [1.29, 1.82) is 0 Å². The normalized spacial score (nSPS) is 53.5. The van der Waals surface area contributed by atoms with E-state index >= 15 is 0 Å². The van der Waals surface area contributed by atoms with Gasteiger partial charge in [0.25, 0.3) is 0 Å². The Labute approximate surface area is 113 Å². The van der Waals surface area contributed by atoms with Gasteiger partial charge in [-0.3, -0.25) is 0 Å². The second-order valence-electron chi connectivity index (χ2n) is 6.85. The second kappa shape index (κ2) is 4.06. The number of fused-ring (bicyclic) bond motifs is 2. The van der Waals surface area contributed by atoms with Crippen LogP contribution in [-0.2, 0) is 9.53 Å². The van der Waals surface area contributed by atoms with E-state index in [2.05, 4.69) is 13.5 Å². The zero-order valence-corrected chi connectivity index (χ0v) is 11.5. The zero-order chi connectivity index (χ0) is 13.9. The fourth-order valence-electron chi connectivity index (χ4n) is 4.61. The Morgan fingerprint density at radius 3 is 2.74 bits per heavy atom. The van der Waals surface area contributed by atoms with Gasteiger partial charge < -0.3 is 14.9 Å². The first-order chi connectivity index (χ1) is 8.84. The van der Waals surface area contributed by atoms with E-state index in [0.29, 0.717) is 24.3 Å². The second-order valence-corrected chi connectivity index (χ2v) is 6.85. The molecule has 19 heavy (non-hydrogen) atoms. The molecule has 0 aromatic heterocycles. The van der Waals surface area contributed by atoms with Crippen LogP contribution in [0.15, 0.2) is 12.2 Å². The first kappa shape index (κ1) is 13.1. The Kier molecular flexibility index (Phi) is 2.81. The standard InChI is InChI=1S/C15H22O4/c1-7-4-12-9(8(2)14(18)19-12)6-15(3)10(7)5-11(16)13(15)17/h7,9-13,16-17H,2,4-6H2,1,3H3. The van der Waals surface area contributed by atoms with Crippen LogP contribution in [0.1, 0.15) is 33.1 Å². The molecule has 0 aromatic rings. The van der Waals surface area contributed by atoms with Crippen LogP contribution >= 0.6 is 0 Å². The summed E-state index contributed by atoms with van der Waals surface area (Å²) in [6.45, 7) is 8.02. The molecule has 7 atom stereocenters. The molecule has 3 fully saturated rings. The van der Waals surface area contributed by atoms with Crippen LogP contribution in [0.25, 0.3) is 0 Å². The van der Waals surface area contributed by atoms with Gasteiger partial charge in [0, 0.05) is 11.5 Å². The molecule has 0 spiro atoms. The molecule has 3 aliphatic rings. The van der Waals surface area contributed by atoms with Gasteiger partial charge in [-0.05, 0) is 36.5 Å². The Hall–Kier alpha value is -0.870. The van der Waals surface area contributed by atoms with Crippen LogP contribution < -0.4 is 0 Å². The highest BCUT2D eigenvalue weighted by Gasteiger charge is 2.58. The van der Waals surface area contributed by atoms with Gasteiger partial charge in [0.1, 0.15) is 6.10 Å². The van der Waals surface area contributed by atoms with Gasteiger partial charge in [0.05, 0.1) is 12.2 Å². The molecule has 1 aliphatic heterocycles. The molecule has 0 bridgehead atoms. The quantitative estimate of drug-likeness (QED) is 0.512. The van der Waals surface area contributed by atoms with Crippen LogP contribution in [0.5, 0.6) is 0 Å². The molecule has 2 N–H and O–H groups in total. The summed E-state index contributed by atoms with van der Waals surface area (Å²) in [5, 5.41) is 20.4. The summed E-state index contributed by atoms with van der Waals surface area (Å²) in [4.78, 5) is 11.7. The van der Waals surface area contributed by atoms with Crippen molar-refractivity contribution in [1.82, 2.24) is 0 Å². The average molecular weight is 266 g/mol. The maximum absolute atomic E-state index is 11.7. The Morgan fingerprint density at radius 2 is 2.05 bits per heavy atom. The number of carbonyl (C=O) groups excluding carboxylic acids is 1. The lowest BCUT2D eigenvalue weighted by atomic mass is 9.69. The van der Waals surface area contributed by atoms with Crippen molar-refractivity contribution in [2.45, 2.75) is 51.4 Å². The number of carbonyl (C=O) groups is 1. The van der Waals surface area contributed by atoms with Gasteiger partial charge >= 0.3 is 5.97 Å². The largest absolute Gasteiger partial charge is 0.458 e. The van der Waals surface area contributed by atoms with Crippen LogP contribution in [0, 0.1) is 23.2 Å². The van der Waals surface area contributed by atoms with Crippen LogP contribution in [0.3, 0.4) is 0 Å². The highest BCUT2D eigenvalue weighted by atomic mass is 16.6. The van der Waals surface area contributed by atoms with Crippen molar-refractivity contribution >= 4 is 5.97 Å². The summed E-state index contributed by atoms with van der Waals surface area (Å²) in [5.41, 5.74) is 0.183. The van der Waals surface area contributed by atoms with E-state index in [0.717, 1.165) is 6.42 Å². The number of esters is 1. The van der Waals surface area contributed by atoms with Crippen molar-refractivity contribution in [3.63, 3.8) is 0 Å². The summed E-state index contributed by atoms with van der Waals surface area (Å²) >= 11 is 0.